The highest BCUT2D eigenvalue weighted by Gasteiger charge is 2.55. The second-order valence-corrected chi connectivity index (χ2v) is 11.0. The minimum absolute atomic E-state index is 0.00255. The minimum atomic E-state index is -6.16. The summed E-state index contributed by atoms with van der Waals surface area (Å²) in [5.41, 5.74) is 4.26. The molecular weight excluding hydrogens is 513 g/mol. The van der Waals surface area contributed by atoms with Gasteiger partial charge in [0, 0.05) is 0 Å². The van der Waals surface area contributed by atoms with Crippen molar-refractivity contribution in [2.75, 3.05) is 12.3 Å². The third-order valence-electron chi connectivity index (χ3n) is 4.49. The zero-order valence-electron chi connectivity index (χ0n) is 16.2. The SMILES string of the molecule is C[C@@]1(C#N)[C@@H](c2cnc3c(N)ncnn23)O[C@@H](COP(=O)([O-])OP(=O)([O-])OP(=O)([O-])[O-])[C@@H]1O. The van der Waals surface area contributed by atoms with E-state index in [-0.39, 0.29) is 17.2 Å². The molecule has 1 aliphatic rings. The van der Waals surface area contributed by atoms with Crippen LogP contribution >= 0.6 is 23.5 Å². The van der Waals surface area contributed by atoms with Crippen molar-refractivity contribution in [2.24, 2.45) is 5.41 Å². The summed E-state index contributed by atoms with van der Waals surface area (Å²) in [5.74, 6) is 0.00255. The minimum Gasteiger partial charge on any atom is -0.790 e. The van der Waals surface area contributed by atoms with E-state index in [1.54, 1.807) is 0 Å². The third kappa shape index (κ3) is 5.47. The molecular formula is C12H13N6O12P3-4. The highest BCUT2D eigenvalue weighted by molar-refractivity contribution is 7.64. The largest absolute Gasteiger partial charge is 0.790 e. The van der Waals surface area contributed by atoms with Crippen molar-refractivity contribution in [3.63, 3.8) is 0 Å². The molecule has 33 heavy (non-hydrogen) atoms. The number of nitrogens with two attached hydrogens (primary N) is 1. The molecule has 0 aliphatic carbocycles. The van der Waals surface area contributed by atoms with Gasteiger partial charge in [0.05, 0.1) is 32.4 Å². The van der Waals surface area contributed by atoms with Crippen LogP contribution in [0, 0.1) is 16.7 Å². The molecule has 3 heterocycles. The normalized spacial score (nSPS) is 29.4. The summed E-state index contributed by atoms with van der Waals surface area (Å²) in [7, 11) is -18.1. The van der Waals surface area contributed by atoms with Crippen LogP contribution in [0.3, 0.4) is 0 Å². The van der Waals surface area contributed by atoms with Gasteiger partial charge >= 0.3 is 0 Å². The smallest absolute Gasteiger partial charge is 0.278 e. The molecule has 6 atom stereocenters. The summed E-state index contributed by atoms with van der Waals surface area (Å²) in [6.07, 6.45) is -2.13. The molecule has 0 spiro atoms. The Hall–Kier alpha value is -1.83. The second kappa shape index (κ2) is 8.75. The number of rotatable bonds is 8. The van der Waals surface area contributed by atoms with Crippen LogP contribution in [0.25, 0.3) is 5.65 Å². The molecule has 2 aromatic heterocycles. The van der Waals surface area contributed by atoms with Crippen molar-refractivity contribution in [2.45, 2.75) is 25.2 Å². The molecule has 18 nitrogen and oxygen atoms in total. The Balaban J connectivity index is 1.79. The van der Waals surface area contributed by atoms with E-state index in [1.165, 1.54) is 17.6 Å². The van der Waals surface area contributed by atoms with Crippen molar-refractivity contribution < 1.29 is 56.3 Å². The van der Waals surface area contributed by atoms with Crippen LogP contribution in [-0.4, -0.2) is 43.5 Å². The van der Waals surface area contributed by atoms with Crippen LogP contribution in [0.15, 0.2) is 12.5 Å². The number of hydrogen-bond donors (Lipinski definition) is 2. The predicted molar refractivity (Wildman–Crippen MR) is 93.5 cm³/mol. The van der Waals surface area contributed by atoms with Gasteiger partial charge in [0.2, 0.25) is 0 Å². The summed E-state index contributed by atoms with van der Waals surface area (Å²) in [6, 6.07) is 1.86. The molecule has 3 rings (SSSR count). The Kier molecular flexibility index (Phi) is 6.84. The number of phosphoric acid groups is 3. The first kappa shape index (κ1) is 25.8. The number of phosphoric ester groups is 1. The van der Waals surface area contributed by atoms with Gasteiger partial charge in [-0.1, -0.05) is 0 Å². The van der Waals surface area contributed by atoms with E-state index in [0.29, 0.717) is 0 Å². The highest BCUT2D eigenvalue weighted by atomic mass is 31.3. The summed E-state index contributed by atoms with van der Waals surface area (Å²) >= 11 is 0. The topological polar surface area (TPSA) is 293 Å². The quantitative estimate of drug-likeness (QED) is 0.321. The first-order chi connectivity index (χ1) is 15.1. The lowest BCUT2D eigenvalue weighted by atomic mass is 9.80. The zero-order chi connectivity index (χ0) is 24.8. The van der Waals surface area contributed by atoms with Crippen LogP contribution in [-0.2, 0) is 31.6 Å². The van der Waals surface area contributed by atoms with E-state index < -0.39 is 53.8 Å². The molecule has 1 aliphatic heterocycles. The van der Waals surface area contributed by atoms with E-state index in [9.17, 15) is 43.6 Å². The molecule has 21 heteroatoms. The van der Waals surface area contributed by atoms with E-state index in [0.717, 1.165) is 6.33 Å². The van der Waals surface area contributed by atoms with Crippen molar-refractivity contribution in [1.29, 1.82) is 5.26 Å². The fraction of sp³-hybridized carbons (Fsp3) is 0.500. The van der Waals surface area contributed by atoms with Crippen LogP contribution in [0.2, 0.25) is 0 Å². The number of nitrogen functional groups attached to an aromatic ring is 1. The van der Waals surface area contributed by atoms with Crippen LogP contribution in [0.1, 0.15) is 18.7 Å². The average Bonchev–Trinajstić information content (AvgIpc) is 3.18. The molecule has 0 saturated carbocycles. The zero-order valence-corrected chi connectivity index (χ0v) is 18.9. The number of aromatic nitrogens is 4. The Bertz CT molecular complexity index is 1240. The number of imidazole rings is 1. The highest BCUT2D eigenvalue weighted by Crippen LogP contribution is 2.60. The number of nitrogens with zero attached hydrogens (tertiary/aromatic N) is 5. The lowest BCUT2D eigenvalue weighted by Gasteiger charge is -2.37. The van der Waals surface area contributed by atoms with Crippen LogP contribution in [0.4, 0.5) is 5.82 Å². The lowest BCUT2D eigenvalue weighted by Crippen LogP contribution is -2.37. The fourth-order valence-corrected chi connectivity index (χ4v) is 5.91. The molecule has 1 fully saturated rings. The molecule has 0 aromatic carbocycles. The summed E-state index contributed by atoms with van der Waals surface area (Å²) < 4.78 is 50.9. The molecule has 0 amide bonds. The average molecular weight is 526 g/mol. The van der Waals surface area contributed by atoms with Crippen LogP contribution < -0.4 is 25.3 Å². The number of ether oxygens (including phenoxy) is 1. The number of anilines is 1. The predicted octanol–water partition coefficient (Wildman–Crippen LogP) is -3.15. The van der Waals surface area contributed by atoms with Crippen LogP contribution in [0.5, 0.6) is 0 Å². The van der Waals surface area contributed by atoms with Crippen molar-refractivity contribution in [3.05, 3.63) is 18.2 Å². The van der Waals surface area contributed by atoms with E-state index in [2.05, 4.69) is 28.2 Å². The first-order valence-electron chi connectivity index (χ1n) is 8.49. The van der Waals surface area contributed by atoms with Gasteiger partial charge in [-0.2, -0.15) is 10.4 Å². The third-order valence-corrected chi connectivity index (χ3v) is 8.15. The Morgan fingerprint density at radius 1 is 1.27 bits per heavy atom. The summed E-state index contributed by atoms with van der Waals surface area (Å²) in [5, 5.41) is 24.2. The Labute approximate surface area is 184 Å². The molecule has 1 saturated heterocycles. The first-order valence-corrected chi connectivity index (χ1v) is 12.9. The van der Waals surface area contributed by atoms with Crippen molar-refractivity contribution in [1.82, 2.24) is 19.6 Å². The molecule has 2 aromatic rings. The lowest BCUT2D eigenvalue weighted by molar-refractivity contribution is -0.339. The second-order valence-electron chi connectivity index (χ2n) is 6.76. The maximum atomic E-state index is 11.7. The van der Waals surface area contributed by atoms with E-state index in [4.69, 9.17) is 10.5 Å². The van der Waals surface area contributed by atoms with Gasteiger partial charge in [0.25, 0.3) is 15.6 Å². The van der Waals surface area contributed by atoms with Gasteiger partial charge in [-0.15, -0.1) is 0 Å². The molecule has 2 unspecified atom stereocenters. The molecule has 0 bridgehead atoms. The Morgan fingerprint density at radius 2 is 1.94 bits per heavy atom. The Morgan fingerprint density at radius 3 is 2.55 bits per heavy atom. The number of fused-ring (bicyclic) bond motifs is 1. The molecule has 3 N–H and O–H groups in total. The number of nitriles is 1. The fourth-order valence-electron chi connectivity index (χ4n) is 3.04. The van der Waals surface area contributed by atoms with Crippen molar-refractivity contribution in [3.8, 4) is 6.07 Å². The van der Waals surface area contributed by atoms with Gasteiger partial charge in [0.15, 0.2) is 11.5 Å². The van der Waals surface area contributed by atoms with Gasteiger partial charge in [-0.3, -0.25) is 13.4 Å². The maximum absolute atomic E-state index is 11.7. The maximum Gasteiger partial charge on any atom is 0.278 e. The van der Waals surface area contributed by atoms with E-state index in [1.807, 2.05) is 6.07 Å². The van der Waals surface area contributed by atoms with Gasteiger partial charge in [-0.05, 0) is 6.92 Å². The number of hydrogen-bond acceptors (Lipinski definition) is 17. The monoisotopic (exact) mass is 526 g/mol. The standard InChI is InChI=1S/C12H17N6O12P3/c1-12(4-13)8(19)7(3-27-32(23,24)30-33(25,26)29-31(20,21)22)28-9(12)6-2-15-11-10(14)16-5-17-18(6)11/h2,5,7-9,19H,3H2,1H3,(H,23,24)(H,25,26)(H2,14,16,17)(H2,20,21,22)/p-4/t7-,8-,9+,12-/m0/s1. The van der Waals surface area contributed by atoms with Crippen molar-refractivity contribution >= 4 is 34.9 Å². The molecule has 0 radical (unpaired) electrons. The summed E-state index contributed by atoms with van der Waals surface area (Å²) in [6.45, 7) is 0.218. The van der Waals surface area contributed by atoms with Gasteiger partial charge < -0.3 is 44.2 Å². The number of aliphatic hydroxyl groups excluding tert-OH is 1. The van der Waals surface area contributed by atoms with Gasteiger partial charge in [0.1, 0.15) is 30.1 Å². The molecule has 182 valence electrons. The van der Waals surface area contributed by atoms with Gasteiger partial charge in [-0.25, -0.2) is 18.8 Å². The number of aliphatic hydroxyl groups is 1. The summed E-state index contributed by atoms with van der Waals surface area (Å²) in [4.78, 5) is 51.5. The van der Waals surface area contributed by atoms with E-state index >= 15 is 0 Å².